The summed E-state index contributed by atoms with van der Waals surface area (Å²) in [5.41, 5.74) is 6.85. The first-order valence-electron chi connectivity index (χ1n) is 5.43. The molecular formula is C12H9N5S2. The minimum atomic E-state index is -0.0864. The molecule has 2 aromatic heterocycles. The Hall–Kier alpha value is -1.99. The van der Waals surface area contributed by atoms with Gasteiger partial charge in [0.15, 0.2) is 4.34 Å². The molecule has 3 rings (SSSR count). The summed E-state index contributed by atoms with van der Waals surface area (Å²) in [6.45, 7) is 0. The van der Waals surface area contributed by atoms with Gasteiger partial charge in [-0.25, -0.2) is 15.0 Å². The number of para-hydroxylation sites is 1. The molecule has 0 aliphatic carbocycles. The van der Waals surface area contributed by atoms with E-state index in [1.807, 2.05) is 24.3 Å². The normalized spacial score (nSPS) is 10.7. The summed E-state index contributed by atoms with van der Waals surface area (Å²) in [7, 11) is 0. The molecule has 0 radical (unpaired) electrons. The van der Waals surface area contributed by atoms with E-state index in [-0.39, 0.29) is 5.84 Å². The second kappa shape index (κ2) is 4.94. The van der Waals surface area contributed by atoms with Gasteiger partial charge in [0.1, 0.15) is 16.6 Å². The van der Waals surface area contributed by atoms with Gasteiger partial charge in [-0.3, -0.25) is 5.41 Å². The maximum Gasteiger partial charge on any atom is 0.157 e. The average Bonchev–Trinajstić information content (AvgIpc) is 2.81. The fraction of sp³-hybridized carbons (Fsp3) is 0. The molecule has 0 saturated carbocycles. The van der Waals surface area contributed by atoms with E-state index in [9.17, 15) is 0 Å². The minimum absolute atomic E-state index is 0.0864. The Morgan fingerprint density at radius 1 is 1.21 bits per heavy atom. The molecule has 0 aliphatic heterocycles. The standard InChI is InChI=1S/C12H9N5S2/c13-10(14)9-11(16-6-5-15-9)19-12-17-7-3-1-2-4-8(7)18-12/h1-6H,(H3,13,14). The van der Waals surface area contributed by atoms with Crippen molar-refractivity contribution in [3.05, 3.63) is 42.4 Å². The predicted molar refractivity (Wildman–Crippen MR) is 76.8 cm³/mol. The highest BCUT2D eigenvalue weighted by molar-refractivity contribution is 8.01. The first-order valence-corrected chi connectivity index (χ1v) is 7.06. The zero-order valence-electron chi connectivity index (χ0n) is 9.70. The highest BCUT2D eigenvalue weighted by Gasteiger charge is 2.12. The third-order valence-electron chi connectivity index (χ3n) is 2.38. The van der Waals surface area contributed by atoms with Gasteiger partial charge in [-0.1, -0.05) is 12.1 Å². The molecule has 5 nitrogen and oxygen atoms in total. The van der Waals surface area contributed by atoms with Crippen molar-refractivity contribution >= 4 is 39.2 Å². The lowest BCUT2D eigenvalue weighted by atomic mass is 10.3. The number of aromatic nitrogens is 3. The van der Waals surface area contributed by atoms with Gasteiger partial charge in [0.2, 0.25) is 0 Å². The number of thiazole rings is 1. The van der Waals surface area contributed by atoms with E-state index >= 15 is 0 Å². The summed E-state index contributed by atoms with van der Waals surface area (Å²) in [6.07, 6.45) is 3.11. The summed E-state index contributed by atoms with van der Waals surface area (Å²) in [5.74, 6) is -0.0864. The molecule has 19 heavy (non-hydrogen) atoms. The van der Waals surface area contributed by atoms with Crippen LogP contribution in [0.2, 0.25) is 0 Å². The Morgan fingerprint density at radius 2 is 2.00 bits per heavy atom. The van der Waals surface area contributed by atoms with Crippen molar-refractivity contribution in [1.29, 1.82) is 5.41 Å². The van der Waals surface area contributed by atoms with E-state index in [2.05, 4.69) is 15.0 Å². The lowest BCUT2D eigenvalue weighted by Crippen LogP contribution is -2.14. The largest absolute Gasteiger partial charge is 0.382 e. The molecule has 0 fully saturated rings. The van der Waals surface area contributed by atoms with Crippen molar-refractivity contribution < 1.29 is 0 Å². The molecule has 0 amide bonds. The van der Waals surface area contributed by atoms with E-state index in [0.717, 1.165) is 14.6 Å². The summed E-state index contributed by atoms with van der Waals surface area (Å²) in [6, 6.07) is 7.94. The topological polar surface area (TPSA) is 88.5 Å². The number of nitrogens with zero attached hydrogens (tertiary/aromatic N) is 3. The van der Waals surface area contributed by atoms with Crippen LogP contribution in [0.4, 0.5) is 0 Å². The van der Waals surface area contributed by atoms with Crippen molar-refractivity contribution in [1.82, 2.24) is 15.0 Å². The highest BCUT2D eigenvalue weighted by atomic mass is 32.2. The third-order valence-corrected chi connectivity index (χ3v) is 4.47. The van der Waals surface area contributed by atoms with E-state index < -0.39 is 0 Å². The number of nitrogens with one attached hydrogen (secondary N) is 1. The van der Waals surface area contributed by atoms with Gasteiger partial charge in [-0.15, -0.1) is 11.3 Å². The zero-order chi connectivity index (χ0) is 13.2. The van der Waals surface area contributed by atoms with Crippen molar-refractivity contribution in [3.63, 3.8) is 0 Å². The molecule has 3 N–H and O–H groups in total. The van der Waals surface area contributed by atoms with Crippen LogP contribution in [0.3, 0.4) is 0 Å². The van der Waals surface area contributed by atoms with E-state index in [1.165, 1.54) is 18.0 Å². The summed E-state index contributed by atoms with van der Waals surface area (Å²) in [5, 5.41) is 8.10. The molecule has 0 spiro atoms. The van der Waals surface area contributed by atoms with Crippen molar-refractivity contribution in [3.8, 4) is 0 Å². The Bertz CT molecular complexity index is 719. The Labute approximate surface area is 117 Å². The maximum atomic E-state index is 7.49. The molecule has 0 aliphatic rings. The molecule has 3 aromatic rings. The number of nitrogens with two attached hydrogens (primary N) is 1. The van der Waals surface area contributed by atoms with E-state index in [1.54, 1.807) is 17.5 Å². The summed E-state index contributed by atoms with van der Waals surface area (Å²) in [4.78, 5) is 12.8. The zero-order valence-corrected chi connectivity index (χ0v) is 11.3. The molecule has 7 heteroatoms. The average molecular weight is 287 g/mol. The number of amidine groups is 1. The van der Waals surface area contributed by atoms with Gasteiger partial charge in [-0.2, -0.15) is 0 Å². The Balaban J connectivity index is 1.99. The molecule has 0 bridgehead atoms. The molecule has 0 atom stereocenters. The van der Waals surface area contributed by atoms with Crippen LogP contribution in [0.25, 0.3) is 10.2 Å². The van der Waals surface area contributed by atoms with Crippen LogP contribution >= 0.6 is 23.1 Å². The molecule has 2 heterocycles. The molecule has 1 aromatic carbocycles. The first kappa shape index (κ1) is 12.1. The van der Waals surface area contributed by atoms with Crippen molar-refractivity contribution in [2.75, 3.05) is 0 Å². The monoisotopic (exact) mass is 287 g/mol. The van der Waals surface area contributed by atoms with Gasteiger partial charge in [-0.05, 0) is 23.9 Å². The van der Waals surface area contributed by atoms with Crippen LogP contribution in [0.1, 0.15) is 5.69 Å². The lowest BCUT2D eigenvalue weighted by Gasteiger charge is -2.02. The van der Waals surface area contributed by atoms with Crippen molar-refractivity contribution in [2.45, 2.75) is 9.37 Å². The van der Waals surface area contributed by atoms with Gasteiger partial charge < -0.3 is 5.73 Å². The molecule has 94 valence electrons. The number of hydrogen-bond donors (Lipinski definition) is 2. The maximum absolute atomic E-state index is 7.49. The van der Waals surface area contributed by atoms with E-state index in [4.69, 9.17) is 11.1 Å². The summed E-state index contributed by atoms with van der Waals surface area (Å²) < 4.78 is 1.99. The van der Waals surface area contributed by atoms with Crippen molar-refractivity contribution in [2.24, 2.45) is 5.73 Å². The fourth-order valence-corrected chi connectivity index (χ4v) is 3.61. The SMILES string of the molecule is N=C(N)c1nccnc1Sc1nc2ccccc2s1. The van der Waals surface area contributed by atoms with Crippen LogP contribution in [0.5, 0.6) is 0 Å². The lowest BCUT2D eigenvalue weighted by molar-refractivity contribution is 1.03. The fourth-order valence-electron chi connectivity index (χ4n) is 1.56. The highest BCUT2D eigenvalue weighted by Crippen LogP contribution is 2.34. The molecule has 0 unspecified atom stereocenters. The minimum Gasteiger partial charge on any atom is -0.382 e. The number of nitrogen functional groups attached to an aromatic ring is 1. The Kier molecular flexibility index (Phi) is 3.14. The quantitative estimate of drug-likeness (QED) is 0.571. The first-order chi connectivity index (χ1) is 9.24. The van der Waals surface area contributed by atoms with Gasteiger partial charge in [0.05, 0.1) is 10.2 Å². The molecular weight excluding hydrogens is 278 g/mol. The van der Waals surface area contributed by atoms with Crippen LogP contribution in [0, 0.1) is 5.41 Å². The second-order valence-electron chi connectivity index (χ2n) is 3.67. The molecule has 0 saturated heterocycles. The number of rotatable bonds is 3. The van der Waals surface area contributed by atoms with Gasteiger partial charge in [0, 0.05) is 12.4 Å². The van der Waals surface area contributed by atoms with Crippen LogP contribution in [0.15, 0.2) is 46.0 Å². The second-order valence-corrected chi connectivity index (χ2v) is 5.94. The summed E-state index contributed by atoms with van der Waals surface area (Å²) >= 11 is 2.97. The van der Waals surface area contributed by atoms with Crippen LogP contribution < -0.4 is 5.73 Å². The third kappa shape index (κ3) is 2.42. The Morgan fingerprint density at radius 3 is 2.79 bits per heavy atom. The van der Waals surface area contributed by atoms with Gasteiger partial charge in [0.25, 0.3) is 0 Å². The van der Waals surface area contributed by atoms with E-state index in [0.29, 0.717) is 10.7 Å². The predicted octanol–water partition coefficient (Wildman–Crippen LogP) is 2.52. The number of fused-ring (bicyclic) bond motifs is 1. The van der Waals surface area contributed by atoms with Crippen LogP contribution in [-0.4, -0.2) is 20.8 Å². The number of benzene rings is 1. The van der Waals surface area contributed by atoms with Gasteiger partial charge >= 0.3 is 0 Å². The smallest absolute Gasteiger partial charge is 0.157 e. The number of hydrogen-bond acceptors (Lipinski definition) is 6. The van der Waals surface area contributed by atoms with Crippen LogP contribution in [-0.2, 0) is 0 Å².